The average molecular weight is 630 g/mol. The first-order valence-corrected chi connectivity index (χ1v) is 15.3. The number of carbonyl (C=O) groups is 1. The maximum Gasteiger partial charge on any atom is 0.344 e. The first kappa shape index (κ1) is 30.9. The number of thioether (sulfide) groups is 1. The number of carbonyl (C=O) groups excluding carboxylic acids is 1. The molecule has 0 radical (unpaired) electrons. The maximum atomic E-state index is 13.4. The van der Waals surface area contributed by atoms with Crippen molar-refractivity contribution in [3.05, 3.63) is 145 Å². The zero-order valence-electron chi connectivity index (χ0n) is 23.8. The predicted octanol–water partition coefficient (Wildman–Crippen LogP) is 5.94. The molecule has 0 bridgehead atoms. The highest BCUT2D eigenvalue weighted by molar-refractivity contribution is 7.98. The van der Waals surface area contributed by atoms with E-state index in [2.05, 4.69) is 20.3 Å². The van der Waals surface area contributed by atoms with Crippen LogP contribution in [-0.4, -0.2) is 25.4 Å². The molecule has 8 nitrogen and oxygen atoms in total. The lowest BCUT2D eigenvalue weighted by Crippen LogP contribution is -2.30. The van der Waals surface area contributed by atoms with Crippen LogP contribution in [0.15, 0.2) is 106 Å². The number of hydrogen-bond donors (Lipinski definition) is 2. The molecule has 0 aliphatic heterocycles. The highest BCUT2D eigenvalue weighted by atomic mass is 35.5. The van der Waals surface area contributed by atoms with E-state index in [4.69, 9.17) is 11.6 Å². The van der Waals surface area contributed by atoms with Crippen LogP contribution in [0.25, 0.3) is 11.1 Å². The van der Waals surface area contributed by atoms with Gasteiger partial charge in [-0.1, -0.05) is 78.8 Å². The molecule has 1 atom stereocenters. The van der Waals surface area contributed by atoms with E-state index in [1.807, 2.05) is 55.5 Å². The van der Waals surface area contributed by atoms with Gasteiger partial charge in [0.15, 0.2) is 5.16 Å². The van der Waals surface area contributed by atoms with Crippen molar-refractivity contribution < 1.29 is 9.18 Å². The number of halogens is 2. The fourth-order valence-electron chi connectivity index (χ4n) is 4.74. The predicted molar refractivity (Wildman–Crippen MR) is 170 cm³/mol. The third kappa shape index (κ3) is 7.89. The summed E-state index contributed by atoms with van der Waals surface area (Å²) in [5.74, 6) is -0.555. The highest BCUT2D eigenvalue weighted by Crippen LogP contribution is 2.27. The lowest BCUT2D eigenvalue weighted by molar-refractivity contribution is -0.122. The first-order chi connectivity index (χ1) is 21.3. The number of amides is 1. The Morgan fingerprint density at radius 2 is 1.66 bits per heavy atom. The molecule has 0 fully saturated rings. The molecule has 2 N–H and O–H groups in total. The minimum atomic E-state index is -0.483. The summed E-state index contributed by atoms with van der Waals surface area (Å²) in [7, 11) is 0. The van der Waals surface area contributed by atoms with Gasteiger partial charge in [0.05, 0.1) is 0 Å². The number of hydrogen-bond acceptors (Lipinski definition) is 6. The van der Waals surface area contributed by atoms with E-state index in [-0.39, 0.29) is 24.2 Å². The van der Waals surface area contributed by atoms with Crippen LogP contribution in [-0.2, 0) is 23.6 Å². The Hall–Kier alpha value is -4.54. The number of rotatable bonds is 11. The van der Waals surface area contributed by atoms with Gasteiger partial charge in [-0.15, -0.1) is 0 Å². The van der Waals surface area contributed by atoms with Crippen LogP contribution < -0.4 is 16.6 Å². The summed E-state index contributed by atoms with van der Waals surface area (Å²) < 4.78 is 15.1. The normalized spacial score (nSPS) is 11.7. The molecular weight excluding hydrogens is 601 g/mol. The van der Waals surface area contributed by atoms with Crippen molar-refractivity contribution in [1.82, 2.24) is 24.8 Å². The number of nitrogens with zero attached hydrogens (tertiary/aromatic N) is 3. The van der Waals surface area contributed by atoms with Crippen molar-refractivity contribution >= 4 is 29.3 Å². The van der Waals surface area contributed by atoms with Crippen LogP contribution in [0.2, 0.25) is 5.02 Å². The number of nitrogens with one attached hydrogen (secondary N) is 2. The van der Waals surface area contributed by atoms with Crippen molar-refractivity contribution in [2.24, 2.45) is 0 Å². The Labute approximate surface area is 262 Å². The van der Waals surface area contributed by atoms with Gasteiger partial charge >= 0.3 is 5.69 Å². The molecule has 44 heavy (non-hydrogen) atoms. The Morgan fingerprint density at radius 1 is 1.00 bits per heavy atom. The summed E-state index contributed by atoms with van der Waals surface area (Å²) in [6, 6.07) is 21.6. The summed E-state index contributed by atoms with van der Waals surface area (Å²) in [5, 5.41) is 3.99. The maximum absolute atomic E-state index is 13.4. The second-order valence-electron chi connectivity index (χ2n) is 10.1. The number of H-pyrrole nitrogens is 1. The van der Waals surface area contributed by atoms with Crippen LogP contribution in [0.4, 0.5) is 4.39 Å². The van der Waals surface area contributed by atoms with Gasteiger partial charge in [0, 0.05) is 47.4 Å². The number of aromatic nitrogens is 4. The smallest absolute Gasteiger partial charge is 0.344 e. The molecular formula is C33H29ClFN5O3S. The quantitative estimate of drug-likeness (QED) is 0.138. The van der Waals surface area contributed by atoms with Gasteiger partial charge in [0.1, 0.15) is 12.4 Å². The van der Waals surface area contributed by atoms with E-state index in [1.165, 1.54) is 36.3 Å². The molecule has 3 aromatic carbocycles. The lowest BCUT2D eigenvalue weighted by Gasteiger charge is -2.18. The fourth-order valence-corrected chi connectivity index (χ4v) is 5.78. The molecule has 1 unspecified atom stereocenters. The van der Waals surface area contributed by atoms with Crippen molar-refractivity contribution in [3.8, 4) is 11.1 Å². The fraction of sp³-hybridized carbons (Fsp3) is 0.182. The Balaban J connectivity index is 1.35. The first-order valence-electron chi connectivity index (χ1n) is 13.9. The summed E-state index contributed by atoms with van der Waals surface area (Å²) in [6.45, 7) is 2.16. The van der Waals surface area contributed by atoms with Crippen molar-refractivity contribution in [3.63, 3.8) is 0 Å². The summed E-state index contributed by atoms with van der Waals surface area (Å²) >= 11 is 7.28. The second kappa shape index (κ2) is 14.3. The molecule has 2 heterocycles. The van der Waals surface area contributed by atoms with Gasteiger partial charge in [-0.25, -0.2) is 14.2 Å². The van der Waals surface area contributed by atoms with E-state index in [9.17, 15) is 18.8 Å². The average Bonchev–Trinajstić information content (AvgIpc) is 3.03. The Kier molecular flexibility index (Phi) is 10.0. The number of benzene rings is 3. The molecule has 0 saturated carbocycles. The Morgan fingerprint density at radius 3 is 2.30 bits per heavy atom. The molecule has 1 amide bonds. The molecule has 0 saturated heterocycles. The molecule has 0 aliphatic rings. The van der Waals surface area contributed by atoms with E-state index >= 15 is 0 Å². The molecule has 5 aromatic rings. The zero-order valence-corrected chi connectivity index (χ0v) is 25.4. The van der Waals surface area contributed by atoms with Gasteiger partial charge in [0.25, 0.3) is 5.56 Å². The van der Waals surface area contributed by atoms with Gasteiger partial charge in [0.2, 0.25) is 5.91 Å². The van der Waals surface area contributed by atoms with Crippen molar-refractivity contribution in [2.45, 2.75) is 43.3 Å². The lowest BCUT2D eigenvalue weighted by atomic mass is 9.93. The highest BCUT2D eigenvalue weighted by Gasteiger charge is 2.20. The monoisotopic (exact) mass is 629 g/mol. The van der Waals surface area contributed by atoms with E-state index in [0.29, 0.717) is 40.0 Å². The van der Waals surface area contributed by atoms with Crippen LogP contribution in [0, 0.1) is 5.82 Å². The zero-order chi connectivity index (χ0) is 31.1. The summed E-state index contributed by atoms with van der Waals surface area (Å²) in [6.07, 6.45) is 5.18. The largest absolute Gasteiger partial charge is 0.350 e. The topological polar surface area (TPSA) is 110 Å². The SMILES string of the molecule is CCC(c1cnc(=O)[nH]c1)c1cn(CC(=O)NCc2ccc(-c3ccc(Cl)cc3)cc2)c(SCc2ccc(F)cc2)nc1=O. The van der Waals surface area contributed by atoms with Crippen LogP contribution in [0.1, 0.15) is 41.5 Å². The minimum Gasteiger partial charge on any atom is -0.350 e. The van der Waals surface area contributed by atoms with E-state index < -0.39 is 11.2 Å². The second-order valence-corrected chi connectivity index (χ2v) is 11.5. The van der Waals surface area contributed by atoms with Crippen molar-refractivity contribution in [1.29, 1.82) is 0 Å². The molecule has 11 heteroatoms. The van der Waals surface area contributed by atoms with Crippen LogP contribution in [0.5, 0.6) is 0 Å². The third-order valence-electron chi connectivity index (χ3n) is 7.08. The molecule has 2 aromatic heterocycles. The molecule has 224 valence electrons. The van der Waals surface area contributed by atoms with Gasteiger partial charge in [-0.3, -0.25) is 9.59 Å². The van der Waals surface area contributed by atoms with Crippen molar-refractivity contribution in [2.75, 3.05) is 0 Å². The minimum absolute atomic E-state index is 0.0742. The van der Waals surface area contributed by atoms with Gasteiger partial charge in [-0.05, 0) is 58.5 Å². The standard InChI is InChI=1S/C33H29ClFN5O3S/c1-2-28(25-16-37-32(43)38-17-25)29-18-40(33(39-31(29)42)44-20-22-5-13-27(35)14-6-22)19-30(41)36-15-21-3-7-23(8-4-21)24-9-11-26(34)12-10-24/h3-14,16-18,28H,2,15,19-20H2,1H3,(H,36,41)(H,37,38,43). The van der Waals surface area contributed by atoms with E-state index in [0.717, 1.165) is 22.3 Å². The Bertz CT molecular complexity index is 1840. The van der Waals surface area contributed by atoms with Gasteiger partial charge < -0.3 is 14.9 Å². The van der Waals surface area contributed by atoms with E-state index in [1.54, 1.807) is 22.9 Å². The third-order valence-corrected chi connectivity index (χ3v) is 8.39. The molecule has 0 aliphatic carbocycles. The molecule has 5 rings (SSSR count). The van der Waals surface area contributed by atoms with Crippen LogP contribution in [0.3, 0.4) is 0 Å². The number of aromatic amines is 1. The summed E-state index contributed by atoms with van der Waals surface area (Å²) in [4.78, 5) is 48.6. The summed E-state index contributed by atoms with van der Waals surface area (Å²) in [5.41, 5.74) is 3.99. The van der Waals surface area contributed by atoms with Crippen LogP contribution >= 0.6 is 23.4 Å². The molecule has 0 spiro atoms. The van der Waals surface area contributed by atoms with Gasteiger partial charge in [-0.2, -0.15) is 4.98 Å².